The van der Waals surface area contributed by atoms with E-state index >= 15 is 0 Å². The second-order valence-corrected chi connectivity index (χ2v) is 10.7. The molecule has 32 heavy (non-hydrogen) atoms. The molecule has 0 spiro atoms. The standard InChI is InChI=1S/C22H32N4O5S/c1-4-24-9-11-25(12-10-24)22(28)17-5-7-26(8-6-17)32(29,30)20-14-19-18(13-15(20)2)23-21(27)16(3)31-19/h13-14,16-17H,4-12H2,1-3H3,(H,23,27). The molecular weight excluding hydrogens is 432 g/mol. The number of fused-ring (bicyclic) bond motifs is 1. The Balaban J connectivity index is 1.43. The van der Waals surface area contributed by atoms with Crippen LogP contribution < -0.4 is 10.1 Å². The first kappa shape index (κ1) is 23.0. The Morgan fingerprint density at radius 3 is 2.41 bits per heavy atom. The van der Waals surface area contributed by atoms with Crippen LogP contribution in [0.15, 0.2) is 17.0 Å². The van der Waals surface area contributed by atoms with Gasteiger partial charge >= 0.3 is 0 Å². The molecule has 0 bridgehead atoms. The van der Waals surface area contributed by atoms with E-state index in [1.165, 1.54) is 10.4 Å². The molecule has 1 aromatic rings. The summed E-state index contributed by atoms with van der Waals surface area (Å²) in [6.07, 6.45) is 0.376. The predicted octanol–water partition coefficient (Wildman–Crippen LogP) is 1.28. The van der Waals surface area contributed by atoms with Crippen molar-refractivity contribution in [2.75, 3.05) is 51.1 Å². The highest BCUT2D eigenvalue weighted by molar-refractivity contribution is 7.89. The molecule has 0 aliphatic carbocycles. The minimum atomic E-state index is -3.73. The zero-order valence-electron chi connectivity index (χ0n) is 19.0. The fourth-order valence-electron chi connectivity index (χ4n) is 4.65. The molecule has 0 radical (unpaired) electrons. The number of piperidine rings is 1. The zero-order chi connectivity index (χ0) is 23.0. The van der Waals surface area contributed by atoms with E-state index in [0.29, 0.717) is 42.9 Å². The van der Waals surface area contributed by atoms with Crippen molar-refractivity contribution in [3.05, 3.63) is 17.7 Å². The van der Waals surface area contributed by atoms with Gasteiger partial charge in [0.05, 0.1) is 10.6 Å². The summed E-state index contributed by atoms with van der Waals surface area (Å²) in [6, 6.07) is 3.14. The fourth-order valence-corrected chi connectivity index (χ4v) is 6.34. The molecule has 9 nitrogen and oxygen atoms in total. The van der Waals surface area contributed by atoms with Crippen LogP contribution >= 0.6 is 0 Å². The second kappa shape index (κ2) is 8.99. The number of aryl methyl sites for hydroxylation is 1. The molecule has 0 saturated carbocycles. The van der Waals surface area contributed by atoms with Gasteiger partial charge in [0.1, 0.15) is 5.75 Å². The van der Waals surface area contributed by atoms with Gasteiger partial charge in [0.25, 0.3) is 5.91 Å². The second-order valence-electron chi connectivity index (χ2n) is 8.80. The lowest BCUT2D eigenvalue weighted by Gasteiger charge is -2.38. The van der Waals surface area contributed by atoms with E-state index in [2.05, 4.69) is 17.1 Å². The molecule has 1 N–H and O–H groups in total. The van der Waals surface area contributed by atoms with Gasteiger partial charge in [-0.15, -0.1) is 0 Å². The summed E-state index contributed by atoms with van der Waals surface area (Å²) in [5.74, 6) is 0.132. The van der Waals surface area contributed by atoms with Crippen LogP contribution in [0.25, 0.3) is 0 Å². The van der Waals surface area contributed by atoms with Crippen LogP contribution in [0.5, 0.6) is 5.75 Å². The molecule has 2 saturated heterocycles. The van der Waals surface area contributed by atoms with Crippen LogP contribution in [0.1, 0.15) is 32.3 Å². The lowest BCUT2D eigenvalue weighted by Crippen LogP contribution is -2.51. The van der Waals surface area contributed by atoms with Gasteiger partial charge in [-0.05, 0) is 44.9 Å². The number of nitrogens with one attached hydrogen (secondary N) is 1. The van der Waals surface area contributed by atoms with Crippen molar-refractivity contribution in [3.8, 4) is 5.75 Å². The highest BCUT2D eigenvalue weighted by Gasteiger charge is 2.36. The van der Waals surface area contributed by atoms with Crippen LogP contribution in [0, 0.1) is 12.8 Å². The number of sulfonamides is 1. The van der Waals surface area contributed by atoms with Gasteiger partial charge in [-0.1, -0.05) is 6.92 Å². The van der Waals surface area contributed by atoms with Gasteiger partial charge in [0.15, 0.2) is 6.10 Å². The maximum absolute atomic E-state index is 13.4. The third kappa shape index (κ3) is 4.35. The van der Waals surface area contributed by atoms with Crippen molar-refractivity contribution in [3.63, 3.8) is 0 Å². The van der Waals surface area contributed by atoms with E-state index in [1.807, 2.05) is 4.90 Å². The first-order valence-corrected chi connectivity index (χ1v) is 12.8. The predicted molar refractivity (Wildman–Crippen MR) is 120 cm³/mol. The summed E-state index contributed by atoms with van der Waals surface area (Å²) < 4.78 is 33.8. The molecule has 3 heterocycles. The lowest BCUT2D eigenvalue weighted by molar-refractivity contribution is -0.138. The van der Waals surface area contributed by atoms with Crippen molar-refractivity contribution < 1.29 is 22.7 Å². The third-order valence-electron chi connectivity index (χ3n) is 6.76. The Morgan fingerprint density at radius 2 is 1.78 bits per heavy atom. The van der Waals surface area contributed by atoms with Gasteiger partial charge < -0.3 is 19.9 Å². The van der Waals surface area contributed by atoms with Crippen molar-refractivity contribution in [1.29, 1.82) is 0 Å². The Hall–Kier alpha value is -2.17. The quantitative estimate of drug-likeness (QED) is 0.721. The number of carbonyl (C=O) groups is 2. The van der Waals surface area contributed by atoms with Gasteiger partial charge in [0, 0.05) is 51.3 Å². The number of nitrogens with zero attached hydrogens (tertiary/aromatic N) is 3. The van der Waals surface area contributed by atoms with Crippen molar-refractivity contribution >= 4 is 27.5 Å². The van der Waals surface area contributed by atoms with Crippen LogP contribution in [0.3, 0.4) is 0 Å². The molecule has 1 atom stereocenters. The van der Waals surface area contributed by atoms with Gasteiger partial charge in [-0.3, -0.25) is 9.59 Å². The highest BCUT2D eigenvalue weighted by atomic mass is 32.2. The molecule has 1 unspecified atom stereocenters. The molecule has 2 amide bonds. The smallest absolute Gasteiger partial charge is 0.265 e. The van der Waals surface area contributed by atoms with Crippen LogP contribution in [-0.2, 0) is 19.6 Å². The van der Waals surface area contributed by atoms with Crippen molar-refractivity contribution in [2.45, 2.75) is 44.6 Å². The summed E-state index contributed by atoms with van der Waals surface area (Å²) in [6.45, 7) is 10.4. The van der Waals surface area contributed by atoms with E-state index in [1.54, 1.807) is 19.9 Å². The third-order valence-corrected chi connectivity index (χ3v) is 8.80. The molecule has 3 aliphatic rings. The molecule has 3 aliphatic heterocycles. The first-order chi connectivity index (χ1) is 15.2. The number of amides is 2. The average molecular weight is 465 g/mol. The fraction of sp³-hybridized carbons (Fsp3) is 0.636. The molecule has 176 valence electrons. The maximum atomic E-state index is 13.4. The Labute approximate surface area is 189 Å². The average Bonchev–Trinajstić information content (AvgIpc) is 2.79. The number of hydrogen-bond donors (Lipinski definition) is 1. The van der Waals surface area contributed by atoms with E-state index < -0.39 is 16.1 Å². The number of likely N-dealkylation sites (N-methyl/N-ethyl adjacent to an activating group) is 1. The van der Waals surface area contributed by atoms with Gasteiger partial charge in [-0.25, -0.2) is 8.42 Å². The van der Waals surface area contributed by atoms with Crippen LogP contribution in [-0.4, -0.2) is 86.3 Å². The number of rotatable bonds is 4. The monoisotopic (exact) mass is 464 g/mol. The Morgan fingerprint density at radius 1 is 1.12 bits per heavy atom. The minimum absolute atomic E-state index is 0.126. The molecule has 4 rings (SSSR count). The van der Waals surface area contributed by atoms with Crippen molar-refractivity contribution in [2.24, 2.45) is 5.92 Å². The topological polar surface area (TPSA) is 99.3 Å². The number of hydrogen-bond acceptors (Lipinski definition) is 6. The number of carbonyl (C=O) groups excluding carboxylic acids is 2. The van der Waals surface area contributed by atoms with Crippen LogP contribution in [0.2, 0.25) is 0 Å². The summed E-state index contributed by atoms with van der Waals surface area (Å²) in [5, 5.41) is 2.75. The van der Waals surface area contributed by atoms with E-state index in [4.69, 9.17) is 4.74 Å². The number of benzene rings is 1. The minimum Gasteiger partial charge on any atom is -0.479 e. The summed E-state index contributed by atoms with van der Waals surface area (Å²) in [7, 11) is -3.73. The molecule has 2 fully saturated rings. The summed E-state index contributed by atoms with van der Waals surface area (Å²) in [4.78, 5) is 29.2. The first-order valence-electron chi connectivity index (χ1n) is 11.3. The van der Waals surface area contributed by atoms with E-state index in [0.717, 1.165) is 32.7 Å². The Kier molecular flexibility index (Phi) is 6.46. The van der Waals surface area contributed by atoms with Gasteiger partial charge in [0.2, 0.25) is 15.9 Å². The van der Waals surface area contributed by atoms with E-state index in [9.17, 15) is 18.0 Å². The number of ether oxygens (including phenoxy) is 1. The zero-order valence-corrected chi connectivity index (χ0v) is 19.8. The maximum Gasteiger partial charge on any atom is 0.265 e. The Bertz CT molecular complexity index is 996. The normalized spacial score (nSPS) is 23.4. The van der Waals surface area contributed by atoms with E-state index in [-0.39, 0.29) is 22.6 Å². The molecular formula is C22H32N4O5S. The van der Waals surface area contributed by atoms with Crippen molar-refractivity contribution in [1.82, 2.24) is 14.1 Å². The largest absolute Gasteiger partial charge is 0.479 e. The summed E-state index contributed by atoms with van der Waals surface area (Å²) >= 11 is 0. The number of anilines is 1. The lowest BCUT2D eigenvalue weighted by atomic mass is 9.96. The van der Waals surface area contributed by atoms with Gasteiger partial charge in [-0.2, -0.15) is 4.31 Å². The number of piperazine rings is 1. The highest BCUT2D eigenvalue weighted by Crippen LogP contribution is 2.36. The summed E-state index contributed by atoms with van der Waals surface area (Å²) in [5.41, 5.74) is 1.03. The van der Waals surface area contributed by atoms with Crippen LogP contribution in [0.4, 0.5) is 5.69 Å². The molecule has 10 heteroatoms. The molecule has 1 aromatic carbocycles. The SMILES string of the molecule is CCN1CCN(C(=O)C2CCN(S(=O)(=O)c3cc4c(cc3C)NC(=O)C(C)O4)CC2)CC1. The molecule has 0 aromatic heterocycles.